The molecule has 3 rings (SSSR count). The van der Waals surface area contributed by atoms with Gasteiger partial charge in [0.2, 0.25) is 0 Å². The maximum Gasteiger partial charge on any atom is 0.419 e. The first-order valence-corrected chi connectivity index (χ1v) is 11.4. The fraction of sp³-hybridized carbons (Fsp3) is 0.615. The molecule has 0 nitrogen and oxygen atoms in total. The normalized spacial score (nSPS) is 27.6. The van der Waals surface area contributed by atoms with Crippen molar-refractivity contribution in [2.24, 2.45) is 17.8 Å². The van der Waals surface area contributed by atoms with Crippen LogP contribution in [0, 0.1) is 35.4 Å². The molecule has 1 aromatic rings. The summed E-state index contributed by atoms with van der Waals surface area (Å²) in [4.78, 5) is 0. The van der Waals surface area contributed by atoms with Gasteiger partial charge in [-0.25, -0.2) is 4.39 Å². The molecule has 30 heavy (non-hydrogen) atoms. The van der Waals surface area contributed by atoms with Crippen LogP contribution < -0.4 is 0 Å². The van der Waals surface area contributed by atoms with Crippen LogP contribution in [-0.2, 0) is 6.18 Å². The van der Waals surface area contributed by atoms with Crippen molar-refractivity contribution in [1.29, 1.82) is 0 Å². The predicted octanol–water partition coefficient (Wildman–Crippen LogP) is 8.28. The third kappa shape index (κ3) is 6.37. The lowest BCUT2D eigenvalue weighted by atomic mass is 9.78. The second-order valence-electron chi connectivity index (χ2n) is 9.00. The van der Waals surface area contributed by atoms with E-state index in [-0.39, 0.29) is 5.92 Å². The minimum atomic E-state index is -4.64. The summed E-state index contributed by atoms with van der Waals surface area (Å²) >= 11 is 0. The maximum atomic E-state index is 13.8. The van der Waals surface area contributed by atoms with Gasteiger partial charge in [0.1, 0.15) is 5.82 Å². The van der Waals surface area contributed by atoms with Crippen molar-refractivity contribution in [3.63, 3.8) is 0 Å². The fourth-order valence-corrected chi connectivity index (χ4v) is 5.01. The Kier molecular flexibility index (Phi) is 8.03. The van der Waals surface area contributed by atoms with Crippen molar-refractivity contribution in [3.8, 4) is 11.8 Å². The number of benzene rings is 1. The Morgan fingerprint density at radius 3 is 2.30 bits per heavy atom. The van der Waals surface area contributed by atoms with E-state index < -0.39 is 17.6 Å². The van der Waals surface area contributed by atoms with Gasteiger partial charge in [-0.1, -0.05) is 43.7 Å². The van der Waals surface area contributed by atoms with Crippen molar-refractivity contribution in [1.82, 2.24) is 0 Å². The summed E-state index contributed by atoms with van der Waals surface area (Å²) in [5.74, 6) is 7.41. The average molecular weight is 421 g/mol. The molecule has 0 N–H and O–H groups in total. The van der Waals surface area contributed by atoms with Gasteiger partial charge in [-0.2, -0.15) is 13.2 Å². The van der Waals surface area contributed by atoms with Crippen LogP contribution in [0.3, 0.4) is 0 Å². The molecular weight excluding hydrogens is 388 g/mol. The van der Waals surface area contributed by atoms with E-state index in [9.17, 15) is 17.6 Å². The first-order valence-electron chi connectivity index (χ1n) is 11.4. The summed E-state index contributed by atoms with van der Waals surface area (Å²) in [6.45, 7) is 2.26. The van der Waals surface area contributed by atoms with E-state index in [1.165, 1.54) is 44.6 Å². The van der Waals surface area contributed by atoms with Crippen molar-refractivity contribution in [2.75, 3.05) is 0 Å². The molecule has 2 aliphatic carbocycles. The molecule has 1 aromatic carbocycles. The highest BCUT2D eigenvalue weighted by Crippen LogP contribution is 2.38. The van der Waals surface area contributed by atoms with Gasteiger partial charge in [-0.3, -0.25) is 0 Å². The molecule has 0 heterocycles. The van der Waals surface area contributed by atoms with Gasteiger partial charge in [0.05, 0.1) is 5.56 Å². The molecule has 0 radical (unpaired) electrons. The summed E-state index contributed by atoms with van der Waals surface area (Å²) in [5.41, 5.74) is -0.512. The number of rotatable bonds is 4. The Hall–Kier alpha value is -1.76. The van der Waals surface area contributed by atoms with E-state index in [2.05, 4.69) is 24.8 Å². The largest absolute Gasteiger partial charge is 0.419 e. The number of hydrogen-bond donors (Lipinski definition) is 0. The van der Waals surface area contributed by atoms with Gasteiger partial charge in [0.25, 0.3) is 0 Å². The fourth-order valence-electron chi connectivity index (χ4n) is 5.01. The van der Waals surface area contributed by atoms with E-state index >= 15 is 0 Å². The zero-order valence-electron chi connectivity index (χ0n) is 17.8. The van der Waals surface area contributed by atoms with Gasteiger partial charge in [-0.05, 0) is 92.9 Å². The Balaban J connectivity index is 1.45. The molecule has 0 saturated heterocycles. The third-order valence-electron chi connectivity index (χ3n) is 6.82. The van der Waals surface area contributed by atoms with Crippen molar-refractivity contribution in [3.05, 3.63) is 47.3 Å². The molecule has 0 unspecified atom stereocenters. The third-order valence-corrected chi connectivity index (χ3v) is 6.82. The zero-order valence-corrected chi connectivity index (χ0v) is 17.8. The highest BCUT2D eigenvalue weighted by Gasteiger charge is 2.34. The van der Waals surface area contributed by atoms with Crippen LogP contribution in [0.4, 0.5) is 17.6 Å². The smallest absolute Gasteiger partial charge is 0.206 e. The molecule has 0 bridgehead atoms. The lowest BCUT2D eigenvalue weighted by molar-refractivity contribution is -0.140. The number of halogens is 4. The molecule has 0 amide bonds. The van der Waals surface area contributed by atoms with Crippen molar-refractivity contribution in [2.45, 2.75) is 83.2 Å². The van der Waals surface area contributed by atoms with E-state index in [0.717, 1.165) is 43.7 Å². The number of allylic oxidation sites excluding steroid dienone is 2. The Bertz CT molecular complexity index is 764. The minimum absolute atomic E-state index is 0.119. The topological polar surface area (TPSA) is 0 Å². The van der Waals surface area contributed by atoms with Crippen molar-refractivity contribution < 1.29 is 17.6 Å². The molecule has 0 atom stereocenters. The van der Waals surface area contributed by atoms with Crippen LogP contribution in [0.2, 0.25) is 0 Å². The second kappa shape index (κ2) is 10.5. The van der Waals surface area contributed by atoms with E-state index in [0.29, 0.717) is 17.4 Å². The minimum Gasteiger partial charge on any atom is -0.206 e. The van der Waals surface area contributed by atoms with Gasteiger partial charge >= 0.3 is 6.18 Å². The van der Waals surface area contributed by atoms with Crippen LogP contribution in [0.5, 0.6) is 0 Å². The van der Waals surface area contributed by atoms with Crippen LogP contribution in [0.15, 0.2) is 30.4 Å². The van der Waals surface area contributed by atoms with Gasteiger partial charge in [0, 0.05) is 5.92 Å². The molecule has 2 aliphatic rings. The zero-order chi connectivity index (χ0) is 21.6. The number of hydrogen-bond acceptors (Lipinski definition) is 0. The molecular formula is C26H32F4. The van der Waals surface area contributed by atoms with E-state index in [1.54, 1.807) is 0 Å². The number of alkyl halides is 3. The second-order valence-corrected chi connectivity index (χ2v) is 9.00. The van der Waals surface area contributed by atoms with Gasteiger partial charge < -0.3 is 0 Å². The van der Waals surface area contributed by atoms with Crippen molar-refractivity contribution >= 4 is 0 Å². The predicted molar refractivity (Wildman–Crippen MR) is 113 cm³/mol. The van der Waals surface area contributed by atoms with Gasteiger partial charge in [-0.15, -0.1) is 0 Å². The van der Waals surface area contributed by atoms with Crippen LogP contribution in [0.25, 0.3) is 0 Å². The highest BCUT2D eigenvalue weighted by molar-refractivity contribution is 5.29. The van der Waals surface area contributed by atoms with E-state index in [4.69, 9.17) is 0 Å². The van der Waals surface area contributed by atoms with E-state index in [1.807, 2.05) is 6.08 Å². The summed E-state index contributed by atoms with van der Waals surface area (Å²) in [5, 5.41) is 0. The maximum absolute atomic E-state index is 13.8. The van der Waals surface area contributed by atoms with Crippen LogP contribution in [0.1, 0.15) is 88.2 Å². The monoisotopic (exact) mass is 420 g/mol. The summed E-state index contributed by atoms with van der Waals surface area (Å²) < 4.78 is 52.0. The lowest BCUT2D eigenvalue weighted by Crippen LogP contribution is -2.14. The quantitative estimate of drug-likeness (QED) is 0.339. The van der Waals surface area contributed by atoms with Crippen LogP contribution >= 0.6 is 0 Å². The molecule has 4 heteroatoms. The summed E-state index contributed by atoms with van der Waals surface area (Å²) in [6.07, 6.45) is 11.0. The summed E-state index contributed by atoms with van der Waals surface area (Å²) in [6, 6.07) is 3.37. The van der Waals surface area contributed by atoms with Crippen LogP contribution in [-0.4, -0.2) is 0 Å². The molecule has 0 aliphatic heterocycles. The molecule has 2 fully saturated rings. The Morgan fingerprint density at radius 1 is 1.00 bits per heavy atom. The average Bonchev–Trinajstić information content (AvgIpc) is 2.72. The molecule has 164 valence electrons. The first kappa shape index (κ1) is 22.9. The Morgan fingerprint density at radius 2 is 1.70 bits per heavy atom. The Labute approximate surface area is 178 Å². The molecule has 2 saturated carbocycles. The summed E-state index contributed by atoms with van der Waals surface area (Å²) in [7, 11) is 0. The SMILES string of the molecule is CCCC1CCC(C=CC#CC2CCC(c3ccc(C(F)(F)F)c(F)c3)CC2)CC1. The lowest BCUT2D eigenvalue weighted by Gasteiger charge is -2.26. The first-order chi connectivity index (χ1) is 14.4. The molecule has 0 aromatic heterocycles. The van der Waals surface area contributed by atoms with Gasteiger partial charge in [0.15, 0.2) is 0 Å². The highest BCUT2D eigenvalue weighted by atomic mass is 19.4. The standard InChI is InChI=1S/C26H32F4/c1-2-5-19-8-10-20(11-9-19)6-3-4-7-21-12-14-22(15-13-21)23-16-17-24(25(27)18-23)26(28,29)30/h3,6,16-22H,2,5,8-15H2,1H3. The molecule has 0 spiro atoms.